The summed E-state index contributed by atoms with van der Waals surface area (Å²) in [6, 6.07) is 0. The molecule has 2 heterocycles. The second kappa shape index (κ2) is 5.58. The van der Waals surface area contributed by atoms with Gasteiger partial charge in [0.25, 0.3) is 0 Å². The molecular weight excluding hydrogens is 212 g/mol. The Morgan fingerprint density at radius 3 is 2.71 bits per heavy atom. The maximum atomic E-state index is 11.3. The number of hydrogen-bond acceptors (Lipinski definition) is 3. The molecule has 0 saturated carbocycles. The van der Waals surface area contributed by atoms with Crippen molar-refractivity contribution in [3.63, 3.8) is 0 Å². The van der Waals surface area contributed by atoms with Crippen molar-refractivity contribution in [3.05, 3.63) is 12.3 Å². The van der Waals surface area contributed by atoms with Gasteiger partial charge in [0.15, 0.2) is 0 Å². The lowest BCUT2D eigenvalue weighted by atomic mass is 9.90. The number of nitrogens with zero attached hydrogens (tertiary/aromatic N) is 2. The van der Waals surface area contributed by atoms with Crippen LogP contribution in [0.3, 0.4) is 0 Å². The third-order valence-electron chi connectivity index (χ3n) is 4.05. The zero-order valence-corrected chi connectivity index (χ0v) is 10.8. The van der Waals surface area contributed by atoms with Crippen molar-refractivity contribution >= 4 is 12.0 Å². The molecule has 0 aromatic carbocycles. The van der Waals surface area contributed by atoms with Gasteiger partial charge in [0, 0.05) is 24.9 Å². The molecule has 0 aliphatic carbocycles. The van der Waals surface area contributed by atoms with E-state index < -0.39 is 0 Å². The van der Waals surface area contributed by atoms with Crippen LogP contribution >= 0.6 is 0 Å². The molecule has 2 aliphatic heterocycles. The third kappa shape index (κ3) is 3.25. The molecule has 0 spiro atoms. The second-order valence-electron chi connectivity index (χ2n) is 5.35. The molecule has 94 valence electrons. The Morgan fingerprint density at radius 1 is 1.41 bits per heavy atom. The van der Waals surface area contributed by atoms with E-state index in [1.165, 1.54) is 0 Å². The molecule has 3 heteroatoms. The average Bonchev–Trinajstić information content (AvgIpc) is 2.33. The van der Waals surface area contributed by atoms with Crippen LogP contribution in [0.5, 0.6) is 0 Å². The van der Waals surface area contributed by atoms with E-state index in [0.29, 0.717) is 23.5 Å². The van der Waals surface area contributed by atoms with E-state index in [1.54, 1.807) is 6.92 Å². The maximum Gasteiger partial charge on any atom is 0.133 e. The molecule has 0 amide bonds. The van der Waals surface area contributed by atoms with E-state index in [1.807, 2.05) is 12.4 Å². The number of carbonyl (C=O) groups excluding carboxylic acids is 1. The number of carbonyl (C=O) groups is 1. The number of ketones is 1. The van der Waals surface area contributed by atoms with E-state index >= 15 is 0 Å². The second-order valence-corrected chi connectivity index (χ2v) is 5.35. The Bertz CT molecular complexity index is 327. The minimum atomic E-state index is 0.312. The lowest BCUT2D eigenvalue weighted by Gasteiger charge is -2.34. The van der Waals surface area contributed by atoms with Gasteiger partial charge in [0.2, 0.25) is 0 Å². The molecular formula is C14H22N2O. The lowest BCUT2D eigenvalue weighted by molar-refractivity contribution is -0.122. The Hall–Kier alpha value is -0.960. The van der Waals surface area contributed by atoms with E-state index in [9.17, 15) is 4.79 Å². The molecule has 0 bridgehead atoms. The van der Waals surface area contributed by atoms with Crippen LogP contribution in [-0.2, 0) is 4.79 Å². The van der Waals surface area contributed by atoms with E-state index in [-0.39, 0.29) is 0 Å². The Morgan fingerprint density at radius 2 is 2.12 bits per heavy atom. The van der Waals surface area contributed by atoms with Crippen molar-refractivity contribution in [2.75, 3.05) is 19.6 Å². The summed E-state index contributed by atoms with van der Waals surface area (Å²) in [4.78, 5) is 18.0. The molecule has 17 heavy (non-hydrogen) atoms. The summed E-state index contributed by atoms with van der Waals surface area (Å²) in [5.74, 6) is 1.79. The number of rotatable bonds is 3. The van der Waals surface area contributed by atoms with Gasteiger partial charge in [-0.2, -0.15) is 0 Å². The number of aliphatic imine (C=N–C) groups is 1. The van der Waals surface area contributed by atoms with Crippen LogP contribution in [0.2, 0.25) is 0 Å². The van der Waals surface area contributed by atoms with Crippen LogP contribution in [0, 0.1) is 17.8 Å². The molecule has 0 N–H and O–H groups in total. The molecule has 2 atom stereocenters. The highest BCUT2D eigenvalue weighted by atomic mass is 16.1. The predicted octanol–water partition coefficient (Wildman–Crippen LogP) is 2.14. The van der Waals surface area contributed by atoms with Crippen LogP contribution in [-0.4, -0.2) is 36.5 Å². The average molecular weight is 234 g/mol. The zero-order chi connectivity index (χ0) is 12.3. The van der Waals surface area contributed by atoms with Gasteiger partial charge in [-0.25, -0.2) is 0 Å². The number of hydrogen-bond donors (Lipinski definition) is 0. The summed E-state index contributed by atoms with van der Waals surface area (Å²) in [5.41, 5.74) is 0. The fraction of sp³-hybridized carbons (Fsp3) is 0.714. The molecule has 1 fully saturated rings. The van der Waals surface area contributed by atoms with Gasteiger partial charge in [0.05, 0.1) is 0 Å². The standard InChI is InChI=1S/C14H22N2O/c1-11-9-15-6-3-14(11)10-16-7-4-13(5-8-16)12(2)17/h3,6,9,11,13-14H,4-5,7-8,10H2,1-2H3. The van der Waals surface area contributed by atoms with Gasteiger partial charge in [-0.1, -0.05) is 13.0 Å². The van der Waals surface area contributed by atoms with Crippen LogP contribution in [0.15, 0.2) is 17.3 Å². The first kappa shape index (κ1) is 12.5. The highest BCUT2D eigenvalue weighted by Gasteiger charge is 2.25. The highest BCUT2D eigenvalue weighted by Crippen LogP contribution is 2.22. The first-order valence-corrected chi connectivity index (χ1v) is 6.59. The smallest absolute Gasteiger partial charge is 0.133 e. The Kier molecular flexibility index (Phi) is 4.11. The van der Waals surface area contributed by atoms with Gasteiger partial charge in [-0.05, 0) is 44.7 Å². The largest absolute Gasteiger partial charge is 0.303 e. The first-order valence-electron chi connectivity index (χ1n) is 6.59. The molecule has 3 nitrogen and oxygen atoms in total. The zero-order valence-electron chi connectivity index (χ0n) is 10.8. The van der Waals surface area contributed by atoms with E-state index in [2.05, 4.69) is 22.9 Å². The van der Waals surface area contributed by atoms with Crippen molar-refractivity contribution in [3.8, 4) is 0 Å². The summed E-state index contributed by atoms with van der Waals surface area (Å²) >= 11 is 0. The number of Topliss-reactive ketones (excluding diaryl/α,β-unsaturated/α-hetero) is 1. The monoisotopic (exact) mass is 234 g/mol. The fourth-order valence-corrected chi connectivity index (χ4v) is 2.68. The van der Waals surface area contributed by atoms with Crippen molar-refractivity contribution in [2.24, 2.45) is 22.7 Å². The first-order chi connectivity index (χ1) is 8.16. The molecule has 2 unspecified atom stereocenters. The molecule has 0 aromatic rings. The molecule has 1 saturated heterocycles. The molecule has 2 aliphatic rings. The normalized spacial score (nSPS) is 30.7. The van der Waals surface area contributed by atoms with E-state index in [0.717, 1.165) is 32.5 Å². The van der Waals surface area contributed by atoms with Crippen molar-refractivity contribution < 1.29 is 4.79 Å². The van der Waals surface area contributed by atoms with Gasteiger partial charge < -0.3 is 4.90 Å². The fourth-order valence-electron chi connectivity index (χ4n) is 2.68. The quantitative estimate of drug-likeness (QED) is 0.749. The van der Waals surface area contributed by atoms with Gasteiger partial charge in [-0.3, -0.25) is 9.79 Å². The van der Waals surface area contributed by atoms with E-state index in [4.69, 9.17) is 0 Å². The molecule has 0 radical (unpaired) electrons. The summed E-state index contributed by atoms with van der Waals surface area (Å²) in [5, 5.41) is 0. The lowest BCUT2D eigenvalue weighted by Crippen LogP contribution is -2.39. The van der Waals surface area contributed by atoms with Gasteiger partial charge >= 0.3 is 0 Å². The summed E-state index contributed by atoms with van der Waals surface area (Å²) < 4.78 is 0. The van der Waals surface area contributed by atoms with Crippen molar-refractivity contribution in [1.29, 1.82) is 0 Å². The molecule has 0 aromatic heterocycles. The van der Waals surface area contributed by atoms with Crippen LogP contribution in [0.4, 0.5) is 0 Å². The van der Waals surface area contributed by atoms with Crippen LogP contribution in [0.1, 0.15) is 26.7 Å². The summed E-state index contributed by atoms with van der Waals surface area (Å²) in [6.45, 7) is 7.19. The number of piperidine rings is 1. The van der Waals surface area contributed by atoms with Crippen LogP contribution in [0.25, 0.3) is 0 Å². The van der Waals surface area contributed by atoms with Gasteiger partial charge in [0.1, 0.15) is 5.78 Å². The topological polar surface area (TPSA) is 32.7 Å². The third-order valence-corrected chi connectivity index (χ3v) is 4.05. The minimum absolute atomic E-state index is 0.312. The van der Waals surface area contributed by atoms with Gasteiger partial charge in [-0.15, -0.1) is 0 Å². The maximum absolute atomic E-state index is 11.3. The minimum Gasteiger partial charge on any atom is -0.303 e. The Balaban J connectivity index is 1.80. The predicted molar refractivity (Wildman–Crippen MR) is 70.1 cm³/mol. The highest BCUT2D eigenvalue weighted by molar-refractivity contribution is 5.78. The van der Waals surface area contributed by atoms with Crippen LogP contribution < -0.4 is 0 Å². The van der Waals surface area contributed by atoms with Crippen molar-refractivity contribution in [2.45, 2.75) is 26.7 Å². The molecule has 2 rings (SSSR count). The number of likely N-dealkylation sites (tertiary alicyclic amines) is 1. The summed E-state index contributed by atoms with van der Waals surface area (Å²) in [6.07, 6.45) is 8.23. The van der Waals surface area contributed by atoms with Crippen molar-refractivity contribution in [1.82, 2.24) is 4.90 Å². The SMILES string of the molecule is CC(=O)C1CCN(CC2C=CN=CC2C)CC1. The summed E-state index contributed by atoms with van der Waals surface area (Å²) in [7, 11) is 0. The Labute approximate surface area is 104 Å².